The summed E-state index contributed by atoms with van der Waals surface area (Å²) < 4.78 is 12.1. The Morgan fingerprint density at radius 1 is 0.517 bits per heavy atom. The molecule has 0 aromatic rings. The van der Waals surface area contributed by atoms with E-state index in [9.17, 15) is 0 Å². The molecule has 0 bridgehead atoms. The molecule has 0 aromatic heterocycles. The number of rotatable bonds is 24. The van der Waals surface area contributed by atoms with Crippen LogP contribution in [0.4, 0.5) is 0 Å². The summed E-state index contributed by atoms with van der Waals surface area (Å²) in [6.07, 6.45) is 26.0. The van der Waals surface area contributed by atoms with Crippen LogP contribution in [0.25, 0.3) is 0 Å². The fourth-order valence-electron chi connectivity index (χ4n) is 3.60. The van der Waals surface area contributed by atoms with E-state index in [1.807, 2.05) is 0 Å². The minimum Gasteiger partial charge on any atom is -0.353 e. The Hall–Kier alpha value is 0.517. The normalized spacial score (nSPS) is 11.2. The quantitative estimate of drug-likeness (QED) is 0.0847. The third-order valence-electron chi connectivity index (χ3n) is 5.54. The van der Waals surface area contributed by atoms with E-state index in [4.69, 9.17) is 9.47 Å². The van der Waals surface area contributed by atoms with E-state index in [-0.39, 0.29) is 25.2 Å². The molecular weight excluding hydrogens is 351 g/mol. The van der Waals surface area contributed by atoms with Gasteiger partial charge in [0.2, 0.25) is 0 Å². The van der Waals surface area contributed by atoms with Gasteiger partial charge in [-0.25, -0.2) is 0 Å². The van der Waals surface area contributed by atoms with Crippen molar-refractivity contribution in [3.8, 4) is 0 Å². The molecular formula is C26H53LiO2. The number of hydrogen-bond acceptors (Lipinski definition) is 2. The Morgan fingerprint density at radius 2 is 0.897 bits per heavy atom. The van der Waals surface area contributed by atoms with Gasteiger partial charge in [-0.15, -0.1) is 0 Å². The van der Waals surface area contributed by atoms with Gasteiger partial charge in [0.25, 0.3) is 0 Å². The third kappa shape index (κ3) is 26.5. The zero-order chi connectivity index (χ0) is 20.5. The summed E-state index contributed by atoms with van der Waals surface area (Å²) in [6, 6.07) is 0. The van der Waals surface area contributed by atoms with Crippen molar-refractivity contribution in [2.24, 2.45) is 0 Å². The van der Waals surface area contributed by atoms with Crippen LogP contribution in [-0.2, 0) is 9.47 Å². The average Bonchev–Trinajstić information content (AvgIpc) is 2.71. The second kappa shape index (κ2) is 28.5. The molecule has 29 heavy (non-hydrogen) atoms. The predicted octanol–water partition coefficient (Wildman–Crippen LogP) is 6.03. The van der Waals surface area contributed by atoms with E-state index in [0.717, 1.165) is 26.1 Å². The van der Waals surface area contributed by atoms with E-state index in [1.165, 1.54) is 116 Å². The number of unbranched alkanes of at least 4 members (excludes halogenated alkanes) is 16. The molecule has 0 unspecified atom stereocenters. The van der Waals surface area contributed by atoms with Crippen LogP contribution in [-0.4, -0.2) is 19.5 Å². The summed E-state index contributed by atoms with van der Waals surface area (Å²) in [5.74, 6) is 0. The molecule has 0 heterocycles. The number of hydrogen-bond donors (Lipinski definition) is 0. The Kier molecular flexibility index (Phi) is 31.2. The Morgan fingerprint density at radius 3 is 1.28 bits per heavy atom. The van der Waals surface area contributed by atoms with Crippen molar-refractivity contribution < 1.29 is 28.3 Å². The van der Waals surface area contributed by atoms with Crippen molar-refractivity contribution in [3.63, 3.8) is 0 Å². The van der Waals surface area contributed by atoms with Gasteiger partial charge in [0.15, 0.2) is 6.29 Å². The van der Waals surface area contributed by atoms with Crippen LogP contribution >= 0.6 is 0 Å². The molecule has 3 heteroatoms. The third-order valence-corrected chi connectivity index (χ3v) is 5.54. The molecule has 0 spiro atoms. The first-order valence-electron chi connectivity index (χ1n) is 12.9. The second-order valence-corrected chi connectivity index (χ2v) is 8.47. The predicted molar refractivity (Wildman–Crippen MR) is 125 cm³/mol. The summed E-state index contributed by atoms with van der Waals surface area (Å²) in [4.78, 5) is 0. The Labute approximate surface area is 196 Å². The molecule has 0 aliphatic rings. The molecule has 0 atom stereocenters. The maximum atomic E-state index is 6.06. The maximum Gasteiger partial charge on any atom is 1.00 e. The van der Waals surface area contributed by atoms with Crippen molar-refractivity contribution in [3.05, 3.63) is 6.92 Å². The van der Waals surface area contributed by atoms with E-state index in [1.54, 1.807) is 0 Å². The SMILES string of the molecule is [CH2-]CCCCC(OCCCCCCCCCC)OCCCCCCCCCC.[Li+]. The van der Waals surface area contributed by atoms with Crippen molar-refractivity contribution in [2.75, 3.05) is 13.2 Å². The second-order valence-electron chi connectivity index (χ2n) is 8.47. The Bertz CT molecular complexity index is 251. The van der Waals surface area contributed by atoms with Crippen molar-refractivity contribution in [2.45, 2.75) is 149 Å². The van der Waals surface area contributed by atoms with Gasteiger partial charge in [-0.1, -0.05) is 117 Å². The van der Waals surface area contributed by atoms with Crippen LogP contribution in [0.1, 0.15) is 142 Å². The number of ether oxygens (including phenoxy) is 2. The smallest absolute Gasteiger partial charge is 0.353 e. The van der Waals surface area contributed by atoms with Crippen molar-refractivity contribution in [1.29, 1.82) is 0 Å². The first kappa shape index (κ1) is 31.7. The van der Waals surface area contributed by atoms with Gasteiger partial charge in [-0.2, -0.15) is 6.42 Å². The largest absolute Gasteiger partial charge is 1.00 e. The molecule has 2 nitrogen and oxygen atoms in total. The van der Waals surface area contributed by atoms with Crippen molar-refractivity contribution in [1.82, 2.24) is 0 Å². The molecule has 170 valence electrons. The van der Waals surface area contributed by atoms with Gasteiger partial charge < -0.3 is 16.4 Å². The molecule has 0 N–H and O–H groups in total. The van der Waals surface area contributed by atoms with Gasteiger partial charge in [-0.3, -0.25) is 0 Å². The molecule has 0 fully saturated rings. The fraction of sp³-hybridized carbons (Fsp3) is 0.962. The summed E-state index contributed by atoms with van der Waals surface area (Å²) in [6.45, 7) is 10.2. The van der Waals surface area contributed by atoms with Crippen LogP contribution in [0.3, 0.4) is 0 Å². The van der Waals surface area contributed by atoms with Gasteiger partial charge in [0.05, 0.1) is 0 Å². The summed E-state index contributed by atoms with van der Waals surface area (Å²) in [7, 11) is 0. The van der Waals surface area contributed by atoms with E-state index < -0.39 is 0 Å². The summed E-state index contributed by atoms with van der Waals surface area (Å²) in [5.41, 5.74) is 0. The van der Waals surface area contributed by atoms with Gasteiger partial charge >= 0.3 is 18.9 Å². The first-order valence-corrected chi connectivity index (χ1v) is 12.9. The van der Waals surface area contributed by atoms with E-state index in [0.29, 0.717) is 0 Å². The minimum absolute atomic E-state index is 0. The van der Waals surface area contributed by atoms with Crippen LogP contribution in [0, 0.1) is 6.92 Å². The minimum atomic E-state index is 0. The van der Waals surface area contributed by atoms with Gasteiger partial charge in [0, 0.05) is 13.2 Å². The standard InChI is InChI=1S/C26H53O2.Li/c1-4-7-10-12-14-16-18-21-24-27-26(23-20-9-6-3)28-25-22-19-17-15-13-11-8-5-2;/h26H,3-25H2,1-2H3;/q-1;+1. The monoisotopic (exact) mass is 404 g/mol. The van der Waals surface area contributed by atoms with E-state index >= 15 is 0 Å². The Balaban J connectivity index is 0. The summed E-state index contributed by atoms with van der Waals surface area (Å²) >= 11 is 0. The van der Waals surface area contributed by atoms with Gasteiger partial charge in [-0.05, 0) is 19.3 Å². The molecule has 0 saturated heterocycles. The first-order chi connectivity index (χ1) is 13.8. The maximum absolute atomic E-state index is 6.06. The molecule has 0 rings (SSSR count). The zero-order valence-corrected chi connectivity index (χ0v) is 20.7. The fourth-order valence-corrected chi connectivity index (χ4v) is 3.60. The molecule has 0 saturated carbocycles. The molecule has 0 aliphatic heterocycles. The van der Waals surface area contributed by atoms with Crippen LogP contribution in [0.15, 0.2) is 0 Å². The summed E-state index contributed by atoms with van der Waals surface area (Å²) in [5, 5.41) is 0. The van der Waals surface area contributed by atoms with Crippen LogP contribution in [0.5, 0.6) is 0 Å². The molecule has 0 aromatic carbocycles. The molecule has 0 amide bonds. The van der Waals surface area contributed by atoms with Crippen LogP contribution < -0.4 is 18.9 Å². The average molecular weight is 405 g/mol. The topological polar surface area (TPSA) is 18.5 Å². The van der Waals surface area contributed by atoms with Crippen LogP contribution in [0.2, 0.25) is 0 Å². The van der Waals surface area contributed by atoms with Crippen molar-refractivity contribution >= 4 is 0 Å². The molecule has 0 aliphatic carbocycles. The van der Waals surface area contributed by atoms with E-state index in [2.05, 4.69) is 20.8 Å². The molecule has 0 radical (unpaired) electrons. The van der Waals surface area contributed by atoms with Gasteiger partial charge in [0.1, 0.15) is 0 Å². The zero-order valence-electron chi connectivity index (χ0n) is 20.7.